The number of phenols is 1. The Labute approximate surface area is 140 Å². The van der Waals surface area contributed by atoms with Crippen LogP contribution in [0.4, 0.5) is 0 Å². The van der Waals surface area contributed by atoms with Crippen LogP contribution in [0.2, 0.25) is 0 Å². The normalized spacial score (nSPS) is 36.6. The Morgan fingerprint density at radius 2 is 2.09 bits per heavy atom. The van der Waals surface area contributed by atoms with Gasteiger partial charge in [-0.3, -0.25) is 4.79 Å². The van der Waals surface area contributed by atoms with Crippen molar-refractivity contribution in [3.8, 4) is 5.75 Å². The maximum absolute atomic E-state index is 12.5. The molecule has 1 aromatic rings. The third-order valence-corrected chi connectivity index (χ3v) is 7.50. The van der Waals surface area contributed by atoms with Gasteiger partial charge in [-0.05, 0) is 95.5 Å². The highest BCUT2D eigenvalue weighted by atomic mass is 79.9. The summed E-state index contributed by atoms with van der Waals surface area (Å²) in [5.41, 5.74) is 2.73. The van der Waals surface area contributed by atoms with Crippen molar-refractivity contribution < 1.29 is 9.90 Å². The molecule has 1 aromatic carbocycles. The van der Waals surface area contributed by atoms with Gasteiger partial charge in [-0.15, -0.1) is 0 Å². The van der Waals surface area contributed by atoms with Crippen LogP contribution in [-0.2, 0) is 11.2 Å². The van der Waals surface area contributed by atoms with Crippen LogP contribution in [0.5, 0.6) is 5.75 Å². The molecular weight excluding hydrogens is 340 g/mol. The highest BCUT2D eigenvalue weighted by Crippen LogP contribution is 2.61. The summed E-state index contributed by atoms with van der Waals surface area (Å²) >= 11 is 3.48. The summed E-state index contributed by atoms with van der Waals surface area (Å²) in [5, 5.41) is 9.94. The van der Waals surface area contributed by atoms with Crippen LogP contribution < -0.4 is 0 Å². The molecule has 1 N–H and O–H groups in total. The number of benzene rings is 1. The van der Waals surface area contributed by atoms with Gasteiger partial charge in [0.15, 0.2) is 0 Å². The summed E-state index contributed by atoms with van der Waals surface area (Å²) in [4.78, 5) is 12.5. The van der Waals surface area contributed by atoms with Crippen molar-refractivity contribution in [1.82, 2.24) is 0 Å². The molecule has 0 bridgehead atoms. The number of fused-ring (bicyclic) bond motifs is 5. The predicted molar refractivity (Wildman–Crippen MR) is 90.0 cm³/mol. The maximum atomic E-state index is 12.5. The van der Waals surface area contributed by atoms with Crippen molar-refractivity contribution in [1.29, 1.82) is 0 Å². The van der Waals surface area contributed by atoms with Gasteiger partial charge < -0.3 is 5.11 Å². The number of aryl methyl sites for hydroxylation is 1. The number of hydrogen-bond acceptors (Lipinski definition) is 2. The second-order valence-electron chi connectivity index (χ2n) is 7.43. The molecule has 2 nitrogen and oxygen atoms in total. The third kappa shape index (κ3) is 1.87. The topological polar surface area (TPSA) is 37.3 Å². The van der Waals surface area contributed by atoms with Crippen molar-refractivity contribution in [2.24, 2.45) is 17.3 Å². The first-order valence-electron chi connectivity index (χ1n) is 8.61. The van der Waals surface area contributed by atoms with E-state index in [0.717, 1.165) is 43.0 Å². The number of phenolic OH excluding ortho intramolecular Hbond substituents is 1. The second-order valence-corrected chi connectivity index (χ2v) is 8.28. The Bertz CT molecular complexity index is 639. The first-order valence-corrected chi connectivity index (χ1v) is 9.40. The zero-order chi connectivity index (χ0) is 15.5. The molecule has 0 amide bonds. The number of carbonyl (C=O) groups is 1. The summed E-state index contributed by atoms with van der Waals surface area (Å²) in [7, 11) is 0. The zero-order valence-electron chi connectivity index (χ0n) is 13.1. The van der Waals surface area contributed by atoms with Crippen LogP contribution in [-0.4, -0.2) is 10.9 Å². The van der Waals surface area contributed by atoms with Crippen molar-refractivity contribution in [2.45, 2.75) is 57.8 Å². The number of rotatable bonds is 1. The van der Waals surface area contributed by atoms with E-state index in [2.05, 4.69) is 28.9 Å². The summed E-state index contributed by atoms with van der Waals surface area (Å²) < 4.78 is 0.807. The summed E-state index contributed by atoms with van der Waals surface area (Å²) in [6.45, 7) is 2.21. The number of ketones is 1. The van der Waals surface area contributed by atoms with E-state index in [4.69, 9.17) is 0 Å². The minimum atomic E-state index is -0.00712. The van der Waals surface area contributed by atoms with Gasteiger partial charge >= 0.3 is 0 Å². The van der Waals surface area contributed by atoms with E-state index in [1.54, 1.807) is 0 Å². The minimum Gasteiger partial charge on any atom is -0.507 e. The molecule has 0 aromatic heterocycles. The molecule has 3 aliphatic carbocycles. The summed E-state index contributed by atoms with van der Waals surface area (Å²) in [6.07, 6.45) is 7.33. The highest BCUT2D eigenvalue weighted by Gasteiger charge is 2.56. The van der Waals surface area contributed by atoms with Crippen LogP contribution in [0, 0.1) is 17.3 Å². The Balaban J connectivity index is 1.74. The molecule has 3 unspecified atom stereocenters. The number of halogens is 1. The lowest BCUT2D eigenvalue weighted by molar-refractivity contribution is -0.131. The van der Waals surface area contributed by atoms with E-state index >= 15 is 0 Å². The molecule has 3 aliphatic rings. The predicted octanol–water partition coefficient (Wildman–Crippen LogP) is 4.97. The zero-order valence-corrected chi connectivity index (χ0v) is 14.7. The van der Waals surface area contributed by atoms with Gasteiger partial charge in [-0.1, -0.05) is 6.92 Å². The fraction of sp³-hybridized carbons (Fsp3) is 0.632. The van der Waals surface area contributed by atoms with Gasteiger partial charge in [0.2, 0.25) is 0 Å². The molecule has 4 rings (SSSR count). The lowest BCUT2D eigenvalue weighted by Crippen LogP contribution is -2.44. The van der Waals surface area contributed by atoms with Gasteiger partial charge in [-0.25, -0.2) is 0 Å². The number of Topliss-reactive ketones (excluding diaryl/α,β-unsaturated/α-hetero) is 1. The van der Waals surface area contributed by atoms with Crippen molar-refractivity contribution in [2.75, 3.05) is 0 Å². The van der Waals surface area contributed by atoms with E-state index < -0.39 is 0 Å². The fourth-order valence-electron chi connectivity index (χ4n) is 5.80. The van der Waals surface area contributed by atoms with Crippen LogP contribution in [0.25, 0.3) is 0 Å². The van der Waals surface area contributed by atoms with E-state index in [9.17, 15) is 9.90 Å². The van der Waals surface area contributed by atoms with Gasteiger partial charge in [0.1, 0.15) is 11.5 Å². The molecule has 3 heteroatoms. The lowest BCUT2D eigenvalue weighted by atomic mass is 9.54. The average Bonchev–Trinajstić information content (AvgIpc) is 2.86. The molecule has 0 heterocycles. The average molecular weight is 363 g/mol. The number of carbonyl (C=O) groups excluding carboxylic acids is 1. The molecule has 118 valence electrons. The van der Waals surface area contributed by atoms with Crippen LogP contribution in [0.3, 0.4) is 0 Å². The molecule has 0 radical (unpaired) electrons. The van der Waals surface area contributed by atoms with Gasteiger partial charge in [0.25, 0.3) is 0 Å². The molecule has 2 fully saturated rings. The van der Waals surface area contributed by atoms with Gasteiger partial charge in [0, 0.05) is 11.8 Å². The summed E-state index contributed by atoms with van der Waals surface area (Å²) in [6, 6.07) is 4.08. The molecule has 2 saturated carbocycles. The van der Waals surface area contributed by atoms with Crippen molar-refractivity contribution >= 4 is 21.7 Å². The molecule has 4 atom stereocenters. The Kier molecular flexibility index (Phi) is 3.41. The first-order chi connectivity index (χ1) is 10.6. The highest BCUT2D eigenvalue weighted by molar-refractivity contribution is 9.10. The van der Waals surface area contributed by atoms with E-state index in [0.29, 0.717) is 29.3 Å². The Morgan fingerprint density at radius 3 is 2.86 bits per heavy atom. The fourth-order valence-corrected chi connectivity index (χ4v) is 6.16. The van der Waals surface area contributed by atoms with Crippen LogP contribution >= 0.6 is 15.9 Å². The largest absolute Gasteiger partial charge is 0.507 e. The Morgan fingerprint density at radius 1 is 1.27 bits per heavy atom. The first kappa shape index (κ1) is 14.7. The number of aromatic hydroxyl groups is 1. The minimum absolute atomic E-state index is 0.00712. The molecule has 0 aliphatic heterocycles. The van der Waals surface area contributed by atoms with Crippen LogP contribution in [0.15, 0.2) is 16.6 Å². The maximum Gasteiger partial charge on any atom is 0.139 e. The Hall–Kier alpha value is -0.830. The van der Waals surface area contributed by atoms with Crippen molar-refractivity contribution in [3.05, 3.63) is 27.7 Å². The molecule has 0 spiro atoms. The molecule has 0 saturated heterocycles. The standard InChI is InChI=1S/C19H23BrO2/c1-2-19-8-7-12-13(15(19)5-6-18(19)22)4-3-11-9-17(21)16(20)10-14(11)12/h9-10,12-13,15,21H,2-8H2,1H3/t12?,13?,15?,19-/m0/s1. The number of hydrogen-bond donors (Lipinski definition) is 1. The summed E-state index contributed by atoms with van der Waals surface area (Å²) in [5.74, 6) is 2.72. The molecule has 22 heavy (non-hydrogen) atoms. The molecular formula is C19H23BrO2. The van der Waals surface area contributed by atoms with Gasteiger partial charge in [-0.2, -0.15) is 0 Å². The van der Waals surface area contributed by atoms with Crippen molar-refractivity contribution in [3.63, 3.8) is 0 Å². The monoisotopic (exact) mass is 362 g/mol. The van der Waals surface area contributed by atoms with Crippen LogP contribution in [0.1, 0.15) is 62.5 Å². The second kappa shape index (κ2) is 5.09. The quantitative estimate of drug-likeness (QED) is 0.765. The SMILES string of the molecule is CC[C@]12CCC3c4cc(Br)c(O)cc4CCC3C1CCC2=O. The van der Waals surface area contributed by atoms with Gasteiger partial charge in [0.05, 0.1) is 4.47 Å². The van der Waals surface area contributed by atoms with E-state index in [-0.39, 0.29) is 5.41 Å². The van der Waals surface area contributed by atoms with E-state index in [1.165, 1.54) is 17.5 Å². The third-order valence-electron chi connectivity index (χ3n) is 6.87. The van der Waals surface area contributed by atoms with E-state index in [1.807, 2.05) is 6.07 Å². The lowest BCUT2D eigenvalue weighted by Gasteiger charge is -2.49. The smallest absolute Gasteiger partial charge is 0.139 e.